The Kier molecular flexibility index (Phi) is 10.1. The Bertz CT molecular complexity index is 1770. The summed E-state index contributed by atoms with van der Waals surface area (Å²) < 4.78 is 34.2. The molecule has 0 aliphatic rings. The van der Waals surface area contributed by atoms with Crippen molar-refractivity contribution in [2.75, 3.05) is 17.5 Å². The number of nitrogens with one attached hydrogen (secondary N) is 1. The molecule has 216 valence electrons. The summed E-state index contributed by atoms with van der Waals surface area (Å²) in [5.41, 5.74) is 1.71. The normalized spacial score (nSPS) is 11.1. The third-order valence-electron chi connectivity index (χ3n) is 6.38. The van der Waals surface area contributed by atoms with Crippen LogP contribution in [-0.4, -0.2) is 33.4 Å². The summed E-state index contributed by atoms with van der Waals surface area (Å²) in [6.45, 7) is 1.68. The SMILES string of the molecule is CCCCOC(=O)CN(c1cccc2c(C(=O)NCc3cccc(C#N)c3)cccc12)S(=O)(=O)c1cc(Cl)cc(Cl)c1. The molecule has 0 unspecified atom stereocenters. The molecule has 1 amide bonds. The number of unbranched alkanes of at least 4 members (excludes halogenated alkanes) is 1. The van der Waals surface area contributed by atoms with Gasteiger partial charge in [0.05, 0.1) is 28.8 Å². The van der Waals surface area contributed by atoms with Crippen LogP contribution in [0, 0.1) is 11.3 Å². The number of ether oxygens (including phenoxy) is 1. The Morgan fingerprint density at radius 2 is 1.64 bits per heavy atom. The first-order valence-electron chi connectivity index (χ1n) is 13.1. The van der Waals surface area contributed by atoms with Crippen LogP contribution in [0.3, 0.4) is 0 Å². The van der Waals surface area contributed by atoms with Gasteiger partial charge in [0, 0.05) is 27.5 Å². The summed E-state index contributed by atoms with van der Waals surface area (Å²) in [5, 5.41) is 13.1. The van der Waals surface area contributed by atoms with Crippen LogP contribution in [0.15, 0.2) is 83.8 Å². The average Bonchev–Trinajstić information content (AvgIpc) is 2.97. The standard InChI is InChI=1S/C31H27Cl2N3O5S/c1-2-3-13-41-30(37)20-36(42(39,40)25-16-23(32)15-24(33)17-25)29-12-6-9-26-27(29)10-5-11-28(26)31(38)35-19-22-8-4-7-21(14-22)18-34/h4-12,14-17H,2-3,13,19-20H2,1H3,(H,35,38). The minimum Gasteiger partial charge on any atom is -0.464 e. The van der Waals surface area contributed by atoms with Crippen molar-refractivity contribution in [2.24, 2.45) is 0 Å². The lowest BCUT2D eigenvalue weighted by molar-refractivity contribution is -0.141. The maximum absolute atomic E-state index is 14.0. The van der Waals surface area contributed by atoms with Crippen LogP contribution in [0.2, 0.25) is 10.0 Å². The topological polar surface area (TPSA) is 117 Å². The van der Waals surface area contributed by atoms with Crippen molar-refractivity contribution < 1.29 is 22.7 Å². The lowest BCUT2D eigenvalue weighted by Gasteiger charge is -2.25. The van der Waals surface area contributed by atoms with Crippen LogP contribution in [0.1, 0.15) is 41.3 Å². The van der Waals surface area contributed by atoms with E-state index in [0.717, 1.165) is 16.3 Å². The van der Waals surface area contributed by atoms with E-state index >= 15 is 0 Å². The van der Waals surface area contributed by atoms with Crippen molar-refractivity contribution in [1.29, 1.82) is 5.26 Å². The lowest BCUT2D eigenvalue weighted by atomic mass is 10.0. The number of benzene rings is 4. The van der Waals surface area contributed by atoms with E-state index in [1.165, 1.54) is 18.2 Å². The highest BCUT2D eigenvalue weighted by molar-refractivity contribution is 7.93. The molecule has 0 saturated carbocycles. The van der Waals surface area contributed by atoms with E-state index in [0.29, 0.717) is 28.3 Å². The van der Waals surface area contributed by atoms with Crippen molar-refractivity contribution in [2.45, 2.75) is 31.2 Å². The Balaban J connectivity index is 1.75. The van der Waals surface area contributed by atoms with E-state index in [-0.39, 0.29) is 33.8 Å². The zero-order valence-electron chi connectivity index (χ0n) is 22.6. The Morgan fingerprint density at radius 1 is 0.952 bits per heavy atom. The molecule has 11 heteroatoms. The first-order chi connectivity index (χ1) is 20.1. The molecule has 0 aromatic heterocycles. The fourth-order valence-corrected chi connectivity index (χ4v) is 6.49. The molecule has 1 N–H and O–H groups in total. The highest BCUT2D eigenvalue weighted by atomic mass is 35.5. The Labute approximate surface area is 254 Å². The summed E-state index contributed by atoms with van der Waals surface area (Å²) in [6.07, 6.45) is 1.43. The molecule has 0 heterocycles. The van der Waals surface area contributed by atoms with Crippen molar-refractivity contribution in [3.8, 4) is 6.07 Å². The number of halogens is 2. The van der Waals surface area contributed by atoms with Crippen molar-refractivity contribution in [3.05, 3.63) is 106 Å². The number of rotatable bonds is 11. The van der Waals surface area contributed by atoms with E-state index in [9.17, 15) is 18.0 Å². The summed E-state index contributed by atoms with van der Waals surface area (Å²) >= 11 is 12.2. The number of nitriles is 1. The number of sulfonamides is 1. The summed E-state index contributed by atoms with van der Waals surface area (Å²) in [6, 6.07) is 22.7. The first kappa shape index (κ1) is 30.8. The molecule has 42 heavy (non-hydrogen) atoms. The first-order valence-corrected chi connectivity index (χ1v) is 15.3. The number of esters is 1. The maximum atomic E-state index is 14.0. The molecule has 0 fully saturated rings. The van der Waals surface area contributed by atoms with Gasteiger partial charge in [0.15, 0.2) is 0 Å². The average molecular weight is 625 g/mol. The quantitative estimate of drug-likeness (QED) is 0.151. The van der Waals surface area contributed by atoms with Gasteiger partial charge >= 0.3 is 5.97 Å². The molecule has 4 aromatic rings. The second-order valence-electron chi connectivity index (χ2n) is 9.36. The number of hydrogen-bond acceptors (Lipinski definition) is 6. The van der Waals surface area contributed by atoms with Crippen molar-refractivity contribution >= 4 is 61.6 Å². The third-order valence-corrected chi connectivity index (χ3v) is 8.55. The Morgan fingerprint density at radius 3 is 2.36 bits per heavy atom. The van der Waals surface area contributed by atoms with Gasteiger partial charge in [0.1, 0.15) is 6.54 Å². The zero-order chi connectivity index (χ0) is 30.3. The van der Waals surface area contributed by atoms with E-state index in [2.05, 4.69) is 11.4 Å². The van der Waals surface area contributed by atoms with Crippen LogP contribution in [0.5, 0.6) is 0 Å². The van der Waals surface area contributed by atoms with Gasteiger partial charge in [-0.2, -0.15) is 5.26 Å². The molecule has 0 aliphatic carbocycles. The number of carbonyl (C=O) groups is 2. The second kappa shape index (κ2) is 13.7. The van der Waals surface area contributed by atoms with Gasteiger partial charge in [-0.15, -0.1) is 0 Å². The van der Waals surface area contributed by atoms with E-state index in [1.54, 1.807) is 60.7 Å². The fraction of sp³-hybridized carbons (Fsp3) is 0.194. The predicted octanol–water partition coefficient (Wildman–Crippen LogP) is 6.49. The van der Waals surface area contributed by atoms with Crippen molar-refractivity contribution in [3.63, 3.8) is 0 Å². The highest BCUT2D eigenvalue weighted by Crippen LogP contribution is 2.34. The second-order valence-corrected chi connectivity index (χ2v) is 12.1. The summed E-state index contributed by atoms with van der Waals surface area (Å²) in [5.74, 6) is -1.12. The minimum atomic E-state index is -4.37. The number of amides is 1. The molecule has 0 aliphatic heterocycles. The van der Waals surface area contributed by atoms with Crippen LogP contribution in [0.4, 0.5) is 5.69 Å². The molecule has 8 nitrogen and oxygen atoms in total. The molecule has 0 atom stereocenters. The number of carbonyl (C=O) groups excluding carboxylic acids is 2. The van der Waals surface area contributed by atoms with E-state index in [1.807, 2.05) is 6.92 Å². The highest BCUT2D eigenvalue weighted by Gasteiger charge is 2.30. The molecule has 0 bridgehead atoms. The number of hydrogen-bond donors (Lipinski definition) is 1. The number of anilines is 1. The van der Waals surface area contributed by atoms with E-state index < -0.39 is 28.4 Å². The number of fused-ring (bicyclic) bond motifs is 1. The molecule has 0 spiro atoms. The number of nitrogens with zero attached hydrogens (tertiary/aromatic N) is 2. The molecule has 4 aromatic carbocycles. The van der Waals surface area contributed by atoms with Crippen LogP contribution < -0.4 is 9.62 Å². The van der Waals surface area contributed by atoms with Crippen LogP contribution in [-0.2, 0) is 26.1 Å². The third kappa shape index (κ3) is 7.21. The monoisotopic (exact) mass is 623 g/mol. The molecule has 0 saturated heterocycles. The van der Waals surface area contributed by atoms with Gasteiger partial charge in [-0.3, -0.25) is 13.9 Å². The maximum Gasteiger partial charge on any atom is 0.326 e. The molecular weight excluding hydrogens is 597 g/mol. The molecule has 4 rings (SSSR count). The van der Waals surface area contributed by atoms with Gasteiger partial charge < -0.3 is 10.1 Å². The molecule has 0 radical (unpaired) electrons. The fourth-order valence-electron chi connectivity index (χ4n) is 4.33. The zero-order valence-corrected chi connectivity index (χ0v) is 25.0. The van der Waals surface area contributed by atoms with Gasteiger partial charge in [-0.25, -0.2) is 8.42 Å². The Hall–Kier alpha value is -4.10. The van der Waals surface area contributed by atoms with Crippen LogP contribution >= 0.6 is 23.2 Å². The van der Waals surface area contributed by atoms with Gasteiger partial charge in [-0.05, 0) is 59.8 Å². The summed E-state index contributed by atoms with van der Waals surface area (Å²) in [7, 11) is -4.37. The largest absolute Gasteiger partial charge is 0.464 e. The molecular formula is C31H27Cl2N3O5S. The van der Waals surface area contributed by atoms with E-state index in [4.69, 9.17) is 33.2 Å². The van der Waals surface area contributed by atoms with Gasteiger partial charge in [0.25, 0.3) is 15.9 Å². The van der Waals surface area contributed by atoms with Gasteiger partial charge in [-0.1, -0.05) is 72.9 Å². The van der Waals surface area contributed by atoms with Crippen LogP contribution in [0.25, 0.3) is 10.8 Å². The van der Waals surface area contributed by atoms with Gasteiger partial charge in [0.2, 0.25) is 0 Å². The summed E-state index contributed by atoms with van der Waals surface area (Å²) in [4.78, 5) is 25.9. The lowest BCUT2D eigenvalue weighted by Crippen LogP contribution is -2.37. The minimum absolute atomic E-state index is 0.115. The smallest absolute Gasteiger partial charge is 0.326 e. The predicted molar refractivity (Wildman–Crippen MR) is 163 cm³/mol. The van der Waals surface area contributed by atoms with Crippen molar-refractivity contribution in [1.82, 2.24) is 5.32 Å².